The highest BCUT2D eigenvalue weighted by Crippen LogP contribution is 2.27. The van der Waals surface area contributed by atoms with Crippen LogP contribution in [-0.2, 0) is 20.9 Å². The van der Waals surface area contributed by atoms with Crippen LogP contribution in [0.2, 0.25) is 0 Å². The van der Waals surface area contributed by atoms with Crippen molar-refractivity contribution < 1.29 is 32.3 Å². The number of methoxy groups -OCH3 is 1. The zero-order valence-electron chi connectivity index (χ0n) is 15.1. The number of ether oxygens (including phenoxy) is 2. The van der Waals surface area contributed by atoms with Crippen LogP contribution in [0.25, 0.3) is 11.0 Å². The summed E-state index contributed by atoms with van der Waals surface area (Å²) in [6, 6.07) is 10.1. The van der Waals surface area contributed by atoms with E-state index in [1.807, 2.05) is 0 Å². The summed E-state index contributed by atoms with van der Waals surface area (Å²) in [4.78, 5) is 24.7. The second kappa shape index (κ2) is 8.18. The van der Waals surface area contributed by atoms with Gasteiger partial charge >= 0.3 is 5.97 Å². The van der Waals surface area contributed by atoms with Crippen LogP contribution in [0.3, 0.4) is 0 Å². The highest BCUT2D eigenvalue weighted by molar-refractivity contribution is 5.99. The van der Waals surface area contributed by atoms with Crippen molar-refractivity contribution in [1.82, 2.24) is 0 Å². The summed E-state index contributed by atoms with van der Waals surface area (Å²) in [5.74, 6) is -3.75. The minimum absolute atomic E-state index is 0.0974. The summed E-state index contributed by atoms with van der Waals surface area (Å²) in [5, 5.41) is 2.76. The Kier molecular flexibility index (Phi) is 5.70. The molecule has 0 saturated carbocycles. The molecule has 28 heavy (non-hydrogen) atoms. The van der Waals surface area contributed by atoms with Gasteiger partial charge in [-0.1, -0.05) is 24.3 Å². The van der Waals surface area contributed by atoms with Crippen LogP contribution < -0.4 is 5.32 Å². The normalized spacial score (nSPS) is 12.0. The van der Waals surface area contributed by atoms with Crippen molar-refractivity contribution in [3.63, 3.8) is 0 Å². The monoisotopic (exact) mass is 389 g/mol. The quantitative estimate of drug-likeness (QED) is 0.644. The van der Waals surface area contributed by atoms with Gasteiger partial charge in [0.25, 0.3) is 5.91 Å². The molecule has 0 aliphatic rings. The Hall–Kier alpha value is -3.26. The first-order valence-corrected chi connectivity index (χ1v) is 8.37. The van der Waals surface area contributed by atoms with Gasteiger partial charge in [-0.05, 0) is 25.1 Å². The second-order valence-corrected chi connectivity index (χ2v) is 5.97. The Morgan fingerprint density at radius 1 is 1.11 bits per heavy atom. The van der Waals surface area contributed by atoms with Gasteiger partial charge in [-0.25, -0.2) is 13.6 Å². The van der Waals surface area contributed by atoms with Gasteiger partial charge in [0, 0.05) is 18.1 Å². The van der Waals surface area contributed by atoms with Crippen LogP contribution >= 0.6 is 0 Å². The highest BCUT2D eigenvalue weighted by Gasteiger charge is 2.26. The standard InChI is InChI=1S/C20H17F2NO5/c1-11(19(24)23-17-14(21)7-5-8-15(17)22)27-20(25)18-13(10-26-2)12-6-3-4-9-16(12)28-18/h3-9,11H,10H2,1-2H3,(H,23,24). The lowest BCUT2D eigenvalue weighted by molar-refractivity contribution is -0.123. The van der Waals surface area contributed by atoms with Crippen molar-refractivity contribution in [3.05, 3.63) is 65.4 Å². The second-order valence-electron chi connectivity index (χ2n) is 5.97. The summed E-state index contributed by atoms with van der Waals surface area (Å²) in [7, 11) is 1.47. The molecule has 1 amide bonds. The van der Waals surface area contributed by atoms with Crippen LogP contribution in [0, 0.1) is 11.6 Å². The van der Waals surface area contributed by atoms with Crippen molar-refractivity contribution in [1.29, 1.82) is 0 Å². The number of rotatable bonds is 6. The smallest absolute Gasteiger partial charge is 0.375 e. The maximum atomic E-state index is 13.7. The van der Waals surface area contributed by atoms with Gasteiger partial charge in [-0.15, -0.1) is 0 Å². The fraction of sp³-hybridized carbons (Fsp3) is 0.200. The molecule has 0 radical (unpaired) electrons. The number of anilines is 1. The Balaban J connectivity index is 1.78. The lowest BCUT2D eigenvalue weighted by Gasteiger charge is -2.14. The van der Waals surface area contributed by atoms with E-state index in [0.29, 0.717) is 16.5 Å². The minimum atomic E-state index is -1.32. The first-order valence-electron chi connectivity index (χ1n) is 8.37. The molecule has 0 saturated heterocycles. The van der Waals surface area contributed by atoms with Gasteiger partial charge in [0.05, 0.1) is 6.61 Å². The number of halogens is 2. The number of nitrogens with one attached hydrogen (secondary N) is 1. The molecule has 3 aromatic rings. The van der Waals surface area contributed by atoms with E-state index in [2.05, 4.69) is 5.32 Å². The minimum Gasteiger partial charge on any atom is -0.449 e. The Morgan fingerprint density at radius 3 is 2.46 bits per heavy atom. The number of hydrogen-bond donors (Lipinski definition) is 1. The maximum absolute atomic E-state index is 13.7. The first kappa shape index (κ1) is 19.5. The number of amides is 1. The molecule has 0 aliphatic carbocycles. The molecule has 1 N–H and O–H groups in total. The van der Waals surface area contributed by atoms with E-state index < -0.39 is 35.3 Å². The summed E-state index contributed by atoms with van der Waals surface area (Å²) in [6.07, 6.45) is -1.32. The van der Waals surface area contributed by atoms with E-state index in [-0.39, 0.29) is 12.4 Å². The van der Waals surface area contributed by atoms with Crippen molar-refractivity contribution in [2.75, 3.05) is 12.4 Å². The molecule has 8 heteroatoms. The Bertz CT molecular complexity index is 1010. The predicted molar refractivity (Wildman–Crippen MR) is 96.8 cm³/mol. The molecule has 6 nitrogen and oxygen atoms in total. The van der Waals surface area contributed by atoms with Crippen molar-refractivity contribution in [2.24, 2.45) is 0 Å². The highest BCUT2D eigenvalue weighted by atomic mass is 19.1. The van der Waals surface area contributed by atoms with E-state index >= 15 is 0 Å². The van der Waals surface area contributed by atoms with E-state index in [0.717, 1.165) is 12.1 Å². The largest absolute Gasteiger partial charge is 0.449 e. The molecule has 0 spiro atoms. The third-order valence-corrected chi connectivity index (χ3v) is 4.04. The summed E-state index contributed by atoms with van der Waals surface area (Å²) >= 11 is 0. The van der Waals surface area contributed by atoms with Crippen LogP contribution in [0.1, 0.15) is 23.0 Å². The van der Waals surface area contributed by atoms with Gasteiger partial charge in [-0.3, -0.25) is 4.79 Å². The molecule has 0 fully saturated rings. The average molecular weight is 389 g/mol. The topological polar surface area (TPSA) is 77.8 Å². The molecule has 2 aromatic carbocycles. The number of hydrogen-bond acceptors (Lipinski definition) is 5. The number of carbonyl (C=O) groups excluding carboxylic acids is 2. The average Bonchev–Trinajstić information content (AvgIpc) is 3.04. The lowest BCUT2D eigenvalue weighted by Crippen LogP contribution is -2.30. The van der Waals surface area contributed by atoms with Gasteiger partial charge in [0.2, 0.25) is 5.76 Å². The molecule has 1 heterocycles. The number of fused-ring (bicyclic) bond motifs is 1. The molecule has 0 bridgehead atoms. The molecule has 1 atom stereocenters. The number of carbonyl (C=O) groups is 2. The van der Waals surface area contributed by atoms with Crippen molar-refractivity contribution in [3.8, 4) is 0 Å². The van der Waals surface area contributed by atoms with E-state index in [9.17, 15) is 18.4 Å². The Morgan fingerprint density at radius 2 is 1.79 bits per heavy atom. The van der Waals surface area contributed by atoms with Crippen LogP contribution in [0.15, 0.2) is 46.9 Å². The lowest BCUT2D eigenvalue weighted by atomic mass is 10.1. The zero-order valence-corrected chi connectivity index (χ0v) is 15.1. The zero-order chi connectivity index (χ0) is 20.3. The summed E-state index contributed by atoms with van der Waals surface area (Å²) < 4.78 is 43.1. The first-order chi connectivity index (χ1) is 13.4. The fourth-order valence-corrected chi connectivity index (χ4v) is 2.66. The van der Waals surface area contributed by atoms with Crippen LogP contribution in [-0.4, -0.2) is 25.1 Å². The number of furan rings is 1. The molecular formula is C20H17F2NO5. The summed E-state index contributed by atoms with van der Waals surface area (Å²) in [6.45, 7) is 1.38. The molecule has 0 aliphatic heterocycles. The third kappa shape index (κ3) is 3.86. The van der Waals surface area contributed by atoms with E-state index in [1.54, 1.807) is 24.3 Å². The SMILES string of the molecule is COCc1c(C(=O)OC(C)C(=O)Nc2c(F)cccc2F)oc2ccccc12. The number of benzene rings is 2. The number of esters is 1. The van der Waals surface area contributed by atoms with Gasteiger partial charge in [0.15, 0.2) is 6.10 Å². The third-order valence-electron chi connectivity index (χ3n) is 4.04. The molecule has 1 aromatic heterocycles. The van der Waals surface area contributed by atoms with Crippen LogP contribution in [0.4, 0.5) is 14.5 Å². The molecular weight excluding hydrogens is 372 g/mol. The van der Waals surface area contributed by atoms with Gasteiger partial charge < -0.3 is 19.2 Å². The van der Waals surface area contributed by atoms with E-state index in [1.165, 1.54) is 20.1 Å². The van der Waals surface area contributed by atoms with Crippen molar-refractivity contribution >= 4 is 28.5 Å². The van der Waals surface area contributed by atoms with E-state index in [4.69, 9.17) is 13.9 Å². The maximum Gasteiger partial charge on any atom is 0.375 e. The number of para-hydroxylation sites is 2. The predicted octanol–water partition coefficient (Wildman–Crippen LogP) is 4.04. The Labute approximate surface area is 159 Å². The molecule has 3 rings (SSSR count). The van der Waals surface area contributed by atoms with Gasteiger partial charge in [0.1, 0.15) is 22.9 Å². The summed E-state index contributed by atoms with van der Waals surface area (Å²) in [5.41, 5.74) is 0.335. The molecule has 1 unspecified atom stereocenters. The molecule has 146 valence electrons. The van der Waals surface area contributed by atoms with Crippen LogP contribution in [0.5, 0.6) is 0 Å². The fourth-order valence-electron chi connectivity index (χ4n) is 2.66. The van der Waals surface area contributed by atoms with Crippen molar-refractivity contribution in [2.45, 2.75) is 19.6 Å². The van der Waals surface area contributed by atoms with Gasteiger partial charge in [-0.2, -0.15) is 0 Å².